The van der Waals surface area contributed by atoms with Gasteiger partial charge < -0.3 is 20.3 Å². The van der Waals surface area contributed by atoms with Gasteiger partial charge in [0.15, 0.2) is 0 Å². The lowest BCUT2D eigenvalue weighted by Gasteiger charge is -2.33. The molecule has 10 nitrogen and oxygen atoms in total. The first-order chi connectivity index (χ1) is 16.3. The average molecular weight is 490 g/mol. The smallest absolute Gasteiger partial charge is 0.248 e. The predicted octanol–water partition coefficient (Wildman–Crippen LogP) is 1.72. The molecule has 1 aliphatic heterocycles. The number of hydrogen-bond donors (Lipinski definition) is 2. The Balaban J connectivity index is 1.74. The fraction of sp³-hybridized carbons (Fsp3) is 0.609. The van der Waals surface area contributed by atoms with Gasteiger partial charge in [-0.05, 0) is 81.9 Å². The van der Waals surface area contributed by atoms with Crippen LogP contribution in [0, 0.1) is 0 Å². The second-order valence-corrected chi connectivity index (χ2v) is 9.81. The molecule has 2 aromatic rings. The molecule has 2 heterocycles. The van der Waals surface area contributed by atoms with Crippen molar-refractivity contribution in [2.75, 3.05) is 13.6 Å². The number of hydrogen-bond acceptors (Lipinski definition) is 8. The van der Waals surface area contributed by atoms with Crippen molar-refractivity contribution >= 4 is 23.6 Å². The van der Waals surface area contributed by atoms with Crippen LogP contribution in [0.2, 0.25) is 0 Å². The Morgan fingerprint density at radius 2 is 1.94 bits per heavy atom. The van der Waals surface area contributed by atoms with E-state index in [0.29, 0.717) is 18.2 Å². The maximum Gasteiger partial charge on any atom is 0.248 e. The van der Waals surface area contributed by atoms with Crippen LogP contribution < -0.4 is 10.6 Å². The van der Waals surface area contributed by atoms with E-state index in [1.807, 2.05) is 56.0 Å². The van der Waals surface area contributed by atoms with Crippen molar-refractivity contribution in [2.45, 2.75) is 87.5 Å². The first-order valence-corrected chi connectivity index (χ1v) is 12.5. The van der Waals surface area contributed by atoms with Gasteiger partial charge in [0.1, 0.15) is 6.04 Å². The van der Waals surface area contributed by atoms with Crippen LogP contribution in [0.3, 0.4) is 0 Å². The van der Waals surface area contributed by atoms with Crippen LogP contribution in [-0.4, -0.2) is 80.8 Å². The largest absolute Gasteiger partial charge is 0.373 e. The quantitative estimate of drug-likeness (QED) is 0.490. The van der Waals surface area contributed by atoms with Crippen LogP contribution >= 0.6 is 11.8 Å². The van der Waals surface area contributed by atoms with E-state index in [1.54, 1.807) is 18.7 Å². The van der Waals surface area contributed by atoms with Crippen LogP contribution in [0.25, 0.3) is 0 Å². The number of tetrazole rings is 1. The second-order valence-electron chi connectivity index (χ2n) is 8.77. The summed E-state index contributed by atoms with van der Waals surface area (Å²) in [7, 11) is 1.71. The summed E-state index contributed by atoms with van der Waals surface area (Å²) in [6.45, 7) is 8.52. The summed E-state index contributed by atoms with van der Waals surface area (Å²) in [6, 6.07) is 8.64. The Morgan fingerprint density at radius 3 is 2.62 bits per heavy atom. The summed E-state index contributed by atoms with van der Waals surface area (Å²) in [5, 5.41) is 18.7. The maximum atomic E-state index is 13.7. The molecule has 2 N–H and O–H groups in total. The van der Waals surface area contributed by atoms with E-state index in [0.717, 1.165) is 17.7 Å². The van der Waals surface area contributed by atoms with Crippen molar-refractivity contribution in [2.24, 2.45) is 0 Å². The van der Waals surface area contributed by atoms with Gasteiger partial charge in [0.25, 0.3) is 0 Å². The topological polar surface area (TPSA) is 114 Å². The van der Waals surface area contributed by atoms with Gasteiger partial charge in [-0.2, -0.15) is 0 Å². The molecule has 1 aromatic heterocycles. The van der Waals surface area contributed by atoms with Crippen molar-refractivity contribution < 1.29 is 14.3 Å². The highest BCUT2D eigenvalue weighted by Crippen LogP contribution is 2.27. The number of likely N-dealkylation sites (tertiary alicyclic amines) is 1. The van der Waals surface area contributed by atoms with Crippen LogP contribution in [0.5, 0.6) is 0 Å². The first kappa shape index (κ1) is 26.1. The molecule has 1 aromatic carbocycles. The minimum absolute atomic E-state index is 0.0708. The molecular formula is C23H35N7O3S. The van der Waals surface area contributed by atoms with Crippen LogP contribution in [0.15, 0.2) is 40.4 Å². The summed E-state index contributed by atoms with van der Waals surface area (Å²) in [5.41, 5.74) is 0. The number of ether oxygens (including phenoxy) is 1. The summed E-state index contributed by atoms with van der Waals surface area (Å²) in [4.78, 5) is 29.2. The minimum atomic E-state index is -0.779. The normalized spacial score (nSPS) is 18.6. The van der Waals surface area contributed by atoms with E-state index in [1.165, 1.54) is 11.8 Å². The Bertz CT molecular complexity index is 940. The van der Waals surface area contributed by atoms with Crippen molar-refractivity contribution in [1.82, 2.24) is 35.7 Å². The number of nitrogens with zero attached hydrogens (tertiary/aromatic N) is 5. The lowest BCUT2D eigenvalue weighted by molar-refractivity contribution is -0.143. The SMILES string of the molecule is CNC(C)C(=O)NC(C(=O)N1CCCC1Cn1nnnc1Sc1ccccc1)C(C)OC(C)C. The fourth-order valence-electron chi connectivity index (χ4n) is 3.97. The Labute approximate surface area is 205 Å². The number of amides is 2. The third-order valence-electron chi connectivity index (χ3n) is 5.84. The molecule has 4 atom stereocenters. The first-order valence-electron chi connectivity index (χ1n) is 11.7. The average Bonchev–Trinajstić information content (AvgIpc) is 3.46. The van der Waals surface area contributed by atoms with E-state index in [-0.39, 0.29) is 24.0 Å². The van der Waals surface area contributed by atoms with E-state index < -0.39 is 18.2 Å². The fourth-order valence-corrected chi connectivity index (χ4v) is 4.77. The van der Waals surface area contributed by atoms with Crippen molar-refractivity contribution in [3.8, 4) is 0 Å². The van der Waals surface area contributed by atoms with E-state index in [2.05, 4.69) is 26.2 Å². The highest BCUT2D eigenvalue weighted by atomic mass is 32.2. The number of carbonyl (C=O) groups is 2. The van der Waals surface area contributed by atoms with Gasteiger partial charge in [-0.25, -0.2) is 4.68 Å². The Hall–Kier alpha value is -2.50. The van der Waals surface area contributed by atoms with Crippen molar-refractivity contribution in [3.63, 3.8) is 0 Å². The summed E-state index contributed by atoms with van der Waals surface area (Å²) < 4.78 is 7.66. The molecule has 1 saturated heterocycles. The molecule has 0 aliphatic carbocycles. The predicted molar refractivity (Wildman–Crippen MR) is 129 cm³/mol. The lowest BCUT2D eigenvalue weighted by Crippen LogP contribution is -2.58. The summed E-state index contributed by atoms with van der Waals surface area (Å²) in [6.07, 6.45) is 1.18. The Morgan fingerprint density at radius 1 is 1.21 bits per heavy atom. The molecule has 1 aliphatic rings. The molecule has 0 spiro atoms. The van der Waals surface area contributed by atoms with Crippen LogP contribution in [0.1, 0.15) is 40.5 Å². The van der Waals surface area contributed by atoms with Gasteiger partial charge in [0, 0.05) is 11.4 Å². The number of benzene rings is 1. The molecule has 11 heteroatoms. The molecule has 0 radical (unpaired) electrons. The van der Waals surface area contributed by atoms with E-state index in [9.17, 15) is 9.59 Å². The number of carbonyl (C=O) groups excluding carboxylic acids is 2. The van der Waals surface area contributed by atoms with Crippen LogP contribution in [-0.2, 0) is 20.9 Å². The van der Waals surface area contributed by atoms with Gasteiger partial charge in [-0.3, -0.25) is 9.59 Å². The molecule has 1 fully saturated rings. The third-order valence-corrected chi connectivity index (χ3v) is 6.82. The zero-order valence-corrected chi connectivity index (χ0v) is 21.3. The van der Waals surface area contributed by atoms with Crippen LogP contribution in [0.4, 0.5) is 0 Å². The number of nitrogens with one attached hydrogen (secondary N) is 2. The monoisotopic (exact) mass is 489 g/mol. The number of likely N-dealkylation sites (N-methyl/N-ethyl adjacent to an activating group) is 1. The molecule has 0 bridgehead atoms. The van der Waals surface area contributed by atoms with Crippen molar-refractivity contribution in [1.29, 1.82) is 0 Å². The number of aromatic nitrogens is 4. The van der Waals surface area contributed by atoms with Gasteiger partial charge in [0.05, 0.1) is 30.8 Å². The van der Waals surface area contributed by atoms with Gasteiger partial charge >= 0.3 is 0 Å². The summed E-state index contributed by atoms with van der Waals surface area (Å²) >= 11 is 1.49. The van der Waals surface area contributed by atoms with Gasteiger partial charge in [-0.1, -0.05) is 18.2 Å². The highest BCUT2D eigenvalue weighted by molar-refractivity contribution is 7.99. The zero-order valence-electron chi connectivity index (χ0n) is 20.5. The maximum absolute atomic E-state index is 13.7. The third kappa shape index (κ3) is 6.77. The van der Waals surface area contributed by atoms with E-state index in [4.69, 9.17) is 4.74 Å². The van der Waals surface area contributed by atoms with Gasteiger partial charge in [-0.15, -0.1) is 5.10 Å². The molecular weight excluding hydrogens is 454 g/mol. The molecule has 0 saturated carbocycles. The number of rotatable bonds is 11. The molecule has 2 amide bonds. The Kier molecular flexibility index (Phi) is 9.43. The second kappa shape index (κ2) is 12.3. The molecule has 4 unspecified atom stereocenters. The van der Waals surface area contributed by atoms with Gasteiger partial charge in [0.2, 0.25) is 17.0 Å². The van der Waals surface area contributed by atoms with Crippen molar-refractivity contribution in [3.05, 3.63) is 30.3 Å². The minimum Gasteiger partial charge on any atom is -0.373 e. The highest BCUT2D eigenvalue weighted by Gasteiger charge is 2.38. The lowest BCUT2D eigenvalue weighted by atomic mass is 10.1. The zero-order chi connectivity index (χ0) is 24.7. The molecule has 186 valence electrons. The molecule has 3 rings (SSSR count). The standard InChI is InChI=1S/C23H35N7O3S/c1-15(2)33-17(4)20(25-21(31)16(3)24-5)22(32)29-13-9-10-18(29)14-30-23(26-27-28-30)34-19-11-7-6-8-12-19/h6-8,11-12,15-18,20,24H,9-10,13-14H2,1-5H3,(H,25,31). The van der Waals surface area contributed by atoms with E-state index >= 15 is 0 Å². The summed E-state index contributed by atoms with van der Waals surface area (Å²) in [5.74, 6) is -0.379. The molecule has 34 heavy (non-hydrogen) atoms.